The van der Waals surface area contributed by atoms with E-state index in [-0.39, 0.29) is 24.4 Å². The van der Waals surface area contributed by atoms with E-state index in [9.17, 15) is 13.6 Å². The van der Waals surface area contributed by atoms with Crippen molar-refractivity contribution in [3.8, 4) is 0 Å². The molecule has 0 aliphatic carbocycles. The molecular formula is C24H20F2N6O. The Balaban J connectivity index is 1.47. The summed E-state index contributed by atoms with van der Waals surface area (Å²) < 4.78 is 30.0. The van der Waals surface area contributed by atoms with Gasteiger partial charge in [-0.15, -0.1) is 10.2 Å². The number of aromatic nitrogens is 3. The highest BCUT2D eigenvalue weighted by Gasteiger charge is 2.22. The van der Waals surface area contributed by atoms with Crippen LogP contribution in [0.1, 0.15) is 17.0 Å². The molecule has 9 heteroatoms. The Morgan fingerprint density at radius 1 is 1.03 bits per heavy atom. The van der Waals surface area contributed by atoms with E-state index in [0.29, 0.717) is 23.8 Å². The number of nitrogens with one attached hydrogen (secondary N) is 2. The number of anilines is 1. The number of rotatable bonds is 6. The summed E-state index contributed by atoms with van der Waals surface area (Å²) in [5, 5.41) is 14.5. The lowest BCUT2D eigenvalue weighted by atomic mass is 10.1. The van der Waals surface area contributed by atoms with Crippen molar-refractivity contribution in [2.45, 2.75) is 13.0 Å². The van der Waals surface area contributed by atoms with Crippen molar-refractivity contribution in [3.05, 3.63) is 102 Å². The highest BCUT2D eigenvalue weighted by atomic mass is 19.2. The molecule has 2 aromatic carbocycles. The van der Waals surface area contributed by atoms with E-state index in [0.717, 1.165) is 17.3 Å². The Hall–Kier alpha value is -4.27. The summed E-state index contributed by atoms with van der Waals surface area (Å²) in [6.45, 7) is 0.522. The second kappa shape index (κ2) is 8.70. The molecule has 166 valence electrons. The summed E-state index contributed by atoms with van der Waals surface area (Å²) in [4.78, 5) is 14.8. The van der Waals surface area contributed by atoms with Gasteiger partial charge in [0.25, 0.3) is 0 Å². The van der Waals surface area contributed by atoms with E-state index >= 15 is 0 Å². The van der Waals surface area contributed by atoms with Crippen LogP contribution in [0.15, 0.2) is 73.1 Å². The Morgan fingerprint density at radius 3 is 2.67 bits per heavy atom. The van der Waals surface area contributed by atoms with E-state index in [1.807, 2.05) is 30.5 Å². The molecule has 4 aromatic rings. The molecule has 0 radical (unpaired) electrons. The van der Waals surface area contributed by atoms with Crippen molar-refractivity contribution in [1.82, 2.24) is 25.2 Å². The van der Waals surface area contributed by atoms with Crippen LogP contribution in [0.2, 0.25) is 0 Å². The van der Waals surface area contributed by atoms with Crippen molar-refractivity contribution in [2.75, 3.05) is 11.6 Å². The first-order chi connectivity index (χ1) is 16.1. The largest absolute Gasteiger partial charge is 0.372 e. The first-order valence-corrected chi connectivity index (χ1v) is 10.4. The van der Waals surface area contributed by atoms with Crippen molar-refractivity contribution in [3.63, 3.8) is 0 Å². The number of fused-ring (bicyclic) bond motifs is 1. The summed E-state index contributed by atoms with van der Waals surface area (Å²) in [7, 11) is 0. The van der Waals surface area contributed by atoms with Gasteiger partial charge in [-0.25, -0.2) is 8.78 Å². The van der Waals surface area contributed by atoms with Crippen LogP contribution in [0.5, 0.6) is 0 Å². The average Bonchev–Trinajstić information content (AvgIpc) is 3.51. The first-order valence-electron chi connectivity index (χ1n) is 10.4. The van der Waals surface area contributed by atoms with Gasteiger partial charge in [0.2, 0.25) is 5.91 Å². The number of carbonyl (C=O) groups excluding carboxylic acids is 1. The van der Waals surface area contributed by atoms with Crippen LogP contribution in [0.4, 0.5) is 14.5 Å². The smallest absolute Gasteiger partial charge is 0.234 e. The van der Waals surface area contributed by atoms with Crippen LogP contribution in [0.25, 0.3) is 11.3 Å². The number of nitrogens with zero attached hydrogens (tertiary/aromatic N) is 4. The molecule has 0 bridgehead atoms. The number of hydrogen-bond acceptors (Lipinski definition) is 5. The molecule has 0 spiro atoms. The average molecular weight is 446 g/mol. The number of halogens is 2. The topological polar surface area (TPSA) is 74.6 Å². The zero-order valence-corrected chi connectivity index (χ0v) is 17.5. The number of carbonyl (C=O) groups is 1. The van der Waals surface area contributed by atoms with Gasteiger partial charge in [-0.1, -0.05) is 30.3 Å². The van der Waals surface area contributed by atoms with Gasteiger partial charge in [0.1, 0.15) is 5.82 Å². The van der Waals surface area contributed by atoms with E-state index < -0.39 is 11.6 Å². The van der Waals surface area contributed by atoms with Gasteiger partial charge >= 0.3 is 0 Å². The summed E-state index contributed by atoms with van der Waals surface area (Å²) in [6.07, 6.45) is 3.59. The standard InChI is InChI=1S/C24H20F2N6O/c25-19-5-3-4-17(24(19)26)14-32(18-9-7-16(8-10-18)20-13-27-15-28-20)23(33)12-22-30-29-21-6-1-2-11-31(21)22/h1-11,13,27-28H,12,14-15H2. The molecule has 0 unspecified atom stereocenters. The Morgan fingerprint density at radius 2 is 1.88 bits per heavy atom. The first kappa shape index (κ1) is 20.6. The van der Waals surface area contributed by atoms with Crippen molar-refractivity contribution in [1.29, 1.82) is 0 Å². The fraction of sp³-hybridized carbons (Fsp3) is 0.125. The van der Waals surface area contributed by atoms with Gasteiger partial charge in [0, 0.05) is 23.6 Å². The normalized spacial score (nSPS) is 12.8. The highest BCUT2D eigenvalue weighted by molar-refractivity contribution is 5.94. The number of benzene rings is 2. The molecule has 1 amide bonds. The van der Waals surface area contributed by atoms with Crippen LogP contribution in [0, 0.1) is 11.6 Å². The predicted molar refractivity (Wildman–Crippen MR) is 120 cm³/mol. The minimum atomic E-state index is -0.966. The van der Waals surface area contributed by atoms with Crippen LogP contribution in [-0.4, -0.2) is 27.2 Å². The molecule has 0 fully saturated rings. The fourth-order valence-electron chi connectivity index (χ4n) is 3.76. The van der Waals surface area contributed by atoms with Crippen LogP contribution < -0.4 is 15.5 Å². The van der Waals surface area contributed by atoms with Gasteiger partial charge < -0.3 is 15.5 Å². The van der Waals surface area contributed by atoms with E-state index in [4.69, 9.17) is 0 Å². The molecule has 5 rings (SSSR count). The minimum Gasteiger partial charge on any atom is -0.372 e. The molecule has 0 saturated heterocycles. The molecule has 0 saturated carbocycles. The van der Waals surface area contributed by atoms with E-state index in [1.54, 1.807) is 28.8 Å². The Labute approximate surface area is 188 Å². The zero-order valence-electron chi connectivity index (χ0n) is 17.5. The van der Waals surface area contributed by atoms with Crippen molar-refractivity contribution >= 4 is 22.9 Å². The molecule has 0 atom stereocenters. The fourth-order valence-corrected chi connectivity index (χ4v) is 3.76. The van der Waals surface area contributed by atoms with Gasteiger partial charge in [0.05, 0.1) is 25.3 Å². The summed E-state index contributed by atoms with van der Waals surface area (Å²) in [5.74, 6) is -1.77. The lowest BCUT2D eigenvalue weighted by molar-refractivity contribution is -0.118. The molecule has 1 aliphatic rings. The van der Waals surface area contributed by atoms with Crippen molar-refractivity contribution < 1.29 is 13.6 Å². The van der Waals surface area contributed by atoms with Gasteiger partial charge in [-0.3, -0.25) is 9.20 Å². The van der Waals surface area contributed by atoms with Crippen LogP contribution in [0.3, 0.4) is 0 Å². The maximum Gasteiger partial charge on any atom is 0.234 e. The lowest BCUT2D eigenvalue weighted by Crippen LogP contribution is -2.32. The van der Waals surface area contributed by atoms with E-state index in [2.05, 4.69) is 20.8 Å². The van der Waals surface area contributed by atoms with Gasteiger partial charge in [0.15, 0.2) is 17.3 Å². The molecule has 33 heavy (non-hydrogen) atoms. The zero-order chi connectivity index (χ0) is 22.8. The molecular weight excluding hydrogens is 426 g/mol. The second-order valence-corrected chi connectivity index (χ2v) is 7.58. The minimum absolute atomic E-state index is 0.0551. The lowest BCUT2D eigenvalue weighted by Gasteiger charge is -2.23. The third-order valence-corrected chi connectivity index (χ3v) is 5.47. The Bertz CT molecular complexity index is 1350. The number of hydrogen-bond donors (Lipinski definition) is 2. The summed E-state index contributed by atoms with van der Waals surface area (Å²) >= 11 is 0. The molecule has 2 N–H and O–H groups in total. The monoisotopic (exact) mass is 446 g/mol. The van der Waals surface area contributed by atoms with E-state index in [1.165, 1.54) is 17.0 Å². The third kappa shape index (κ3) is 4.12. The van der Waals surface area contributed by atoms with Gasteiger partial charge in [-0.05, 0) is 35.9 Å². The summed E-state index contributed by atoms with van der Waals surface area (Å²) in [5.41, 5.74) is 3.15. The quantitative estimate of drug-likeness (QED) is 0.476. The summed E-state index contributed by atoms with van der Waals surface area (Å²) in [6, 6.07) is 16.7. The number of pyridine rings is 1. The molecule has 2 aromatic heterocycles. The Kier molecular flexibility index (Phi) is 5.43. The molecule has 3 heterocycles. The second-order valence-electron chi connectivity index (χ2n) is 7.58. The number of amides is 1. The SMILES string of the molecule is O=C(Cc1nnc2ccccn12)N(Cc1cccc(F)c1F)c1ccc(C2=CNCN2)cc1. The predicted octanol–water partition coefficient (Wildman–Crippen LogP) is 3.23. The van der Waals surface area contributed by atoms with Crippen LogP contribution >= 0.6 is 0 Å². The molecule has 7 nitrogen and oxygen atoms in total. The third-order valence-electron chi connectivity index (χ3n) is 5.47. The van der Waals surface area contributed by atoms with Gasteiger partial charge in [-0.2, -0.15) is 0 Å². The van der Waals surface area contributed by atoms with Crippen molar-refractivity contribution in [2.24, 2.45) is 0 Å². The van der Waals surface area contributed by atoms with Crippen LogP contribution in [-0.2, 0) is 17.8 Å². The highest BCUT2D eigenvalue weighted by Crippen LogP contribution is 2.24. The maximum absolute atomic E-state index is 14.4. The molecule has 1 aliphatic heterocycles. The maximum atomic E-state index is 14.4.